The molecule has 2 aromatic heterocycles. The molecular formula is C21H22N4O2S. The number of para-hydroxylation sites is 1. The number of fused-ring (bicyclic) bond motifs is 2. The topological polar surface area (TPSA) is 69.0 Å². The van der Waals surface area contributed by atoms with E-state index in [-0.39, 0.29) is 17.6 Å². The highest BCUT2D eigenvalue weighted by molar-refractivity contribution is 7.98. The quantitative estimate of drug-likeness (QED) is 0.732. The molecule has 0 bridgehead atoms. The molecule has 5 rings (SSSR count). The number of nitrogens with one attached hydrogen (secondary N) is 1. The van der Waals surface area contributed by atoms with Crippen molar-refractivity contribution >= 4 is 22.7 Å². The Morgan fingerprint density at radius 3 is 3.14 bits per heavy atom. The summed E-state index contributed by atoms with van der Waals surface area (Å²) in [6.45, 7) is 1.79. The van der Waals surface area contributed by atoms with E-state index in [9.17, 15) is 4.79 Å². The molecule has 2 atom stereocenters. The fraction of sp³-hybridized carbons (Fsp3) is 0.381. The number of nitrogens with zero attached hydrogens (tertiary/aromatic N) is 3. The molecule has 2 aliphatic heterocycles. The van der Waals surface area contributed by atoms with Crippen LogP contribution in [0.4, 0.5) is 0 Å². The SMILES string of the molecule is O=c1cc2c(nn1C1COCC1NCc1ccnc3ccccc13)CCSC2. The summed E-state index contributed by atoms with van der Waals surface area (Å²) in [7, 11) is 0. The third-order valence-corrected chi connectivity index (χ3v) is 6.53. The van der Waals surface area contributed by atoms with Gasteiger partial charge in [0.05, 0.1) is 36.5 Å². The molecule has 4 heterocycles. The van der Waals surface area contributed by atoms with E-state index in [0.29, 0.717) is 19.8 Å². The number of rotatable bonds is 4. The molecule has 3 aromatic rings. The lowest BCUT2D eigenvalue weighted by Gasteiger charge is -2.23. The third kappa shape index (κ3) is 3.34. The van der Waals surface area contributed by atoms with Gasteiger partial charge in [-0.3, -0.25) is 9.78 Å². The molecule has 0 radical (unpaired) electrons. The number of hydrogen-bond acceptors (Lipinski definition) is 6. The lowest BCUT2D eigenvalue weighted by atomic mass is 10.1. The van der Waals surface area contributed by atoms with Gasteiger partial charge in [-0.1, -0.05) is 18.2 Å². The zero-order chi connectivity index (χ0) is 18.9. The summed E-state index contributed by atoms with van der Waals surface area (Å²) in [5, 5.41) is 9.45. The molecule has 1 aromatic carbocycles. The van der Waals surface area contributed by atoms with Crippen LogP contribution in [-0.2, 0) is 23.5 Å². The molecule has 0 aliphatic carbocycles. The molecule has 1 saturated heterocycles. The average molecular weight is 395 g/mol. The Kier molecular flexibility index (Phi) is 4.88. The first-order valence-electron chi connectivity index (χ1n) is 9.63. The van der Waals surface area contributed by atoms with Gasteiger partial charge < -0.3 is 10.1 Å². The molecule has 1 N–H and O–H groups in total. The minimum atomic E-state index is -0.0829. The number of pyridine rings is 1. The summed E-state index contributed by atoms with van der Waals surface area (Å²) in [5.74, 6) is 1.95. The molecular weight excluding hydrogens is 372 g/mol. The first kappa shape index (κ1) is 17.8. The lowest BCUT2D eigenvalue weighted by Crippen LogP contribution is -2.41. The van der Waals surface area contributed by atoms with Gasteiger partial charge in [-0.05, 0) is 29.0 Å². The Morgan fingerprint density at radius 2 is 2.18 bits per heavy atom. The van der Waals surface area contributed by atoms with Gasteiger partial charge in [0.1, 0.15) is 0 Å². The standard InChI is InChI=1S/C21H22N4O2S/c26-21-9-15-13-28-8-6-17(15)24-25(21)20-12-27-11-19(20)23-10-14-5-7-22-18-4-2-1-3-16(14)18/h1-5,7,9,19-20,23H,6,8,10-13H2. The predicted octanol–water partition coefficient (Wildman–Crippen LogP) is 2.31. The maximum absolute atomic E-state index is 12.7. The minimum Gasteiger partial charge on any atom is -0.377 e. The number of benzene rings is 1. The molecule has 2 aliphatic rings. The normalized spacial score (nSPS) is 21.7. The monoisotopic (exact) mass is 394 g/mol. The zero-order valence-corrected chi connectivity index (χ0v) is 16.3. The van der Waals surface area contributed by atoms with Crippen LogP contribution in [0.5, 0.6) is 0 Å². The molecule has 0 saturated carbocycles. The van der Waals surface area contributed by atoms with Gasteiger partial charge in [0.15, 0.2) is 0 Å². The molecule has 7 heteroatoms. The van der Waals surface area contributed by atoms with Gasteiger partial charge in [0, 0.05) is 36.4 Å². The summed E-state index contributed by atoms with van der Waals surface area (Å²) >= 11 is 1.86. The second-order valence-corrected chi connectivity index (χ2v) is 8.39. The fourth-order valence-corrected chi connectivity index (χ4v) is 4.95. The second-order valence-electron chi connectivity index (χ2n) is 7.28. The van der Waals surface area contributed by atoms with Gasteiger partial charge in [0.2, 0.25) is 0 Å². The van der Waals surface area contributed by atoms with Gasteiger partial charge in [-0.25, -0.2) is 4.68 Å². The van der Waals surface area contributed by atoms with E-state index in [2.05, 4.69) is 16.4 Å². The van der Waals surface area contributed by atoms with Crippen LogP contribution in [0.2, 0.25) is 0 Å². The minimum absolute atomic E-state index is 0.0297. The van der Waals surface area contributed by atoms with E-state index in [1.165, 1.54) is 5.56 Å². The van der Waals surface area contributed by atoms with Crippen molar-refractivity contribution in [2.24, 2.45) is 0 Å². The van der Waals surface area contributed by atoms with Crippen molar-refractivity contribution in [3.8, 4) is 0 Å². The van der Waals surface area contributed by atoms with Crippen molar-refractivity contribution in [2.75, 3.05) is 19.0 Å². The van der Waals surface area contributed by atoms with Crippen LogP contribution in [0.3, 0.4) is 0 Å². The highest BCUT2D eigenvalue weighted by Crippen LogP contribution is 2.24. The number of hydrogen-bond donors (Lipinski definition) is 1. The Bertz CT molecular complexity index is 1060. The molecule has 0 amide bonds. The molecule has 6 nitrogen and oxygen atoms in total. The van der Waals surface area contributed by atoms with Crippen molar-refractivity contribution in [2.45, 2.75) is 30.8 Å². The molecule has 28 heavy (non-hydrogen) atoms. The summed E-state index contributed by atoms with van der Waals surface area (Å²) < 4.78 is 7.36. The number of aromatic nitrogens is 3. The van der Waals surface area contributed by atoms with Crippen LogP contribution in [-0.4, -0.2) is 39.8 Å². The second kappa shape index (κ2) is 7.66. The van der Waals surface area contributed by atoms with Gasteiger partial charge >= 0.3 is 0 Å². The number of aryl methyl sites for hydroxylation is 1. The van der Waals surface area contributed by atoms with E-state index in [1.807, 2.05) is 42.2 Å². The van der Waals surface area contributed by atoms with E-state index in [4.69, 9.17) is 9.84 Å². The van der Waals surface area contributed by atoms with Crippen molar-refractivity contribution < 1.29 is 4.74 Å². The third-order valence-electron chi connectivity index (χ3n) is 5.52. The lowest BCUT2D eigenvalue weighted by molar-refractivity contribution is 0.180. The summed E-state index contributed by atoms with van der Waals surface area (Å²) in [4.78, 5) is 17.1. The van der Waals surface area contributed by atoms with Crippen LogP contribution in [0, 0.1) is 0 Å². The highest BCUT2D eigenvalue weighted by atomic mass is 32.2. The van der Waals surface area contributed by atoms with Crippen LogP contribution < -0.4 is 10.9 Å². The maximum atomic E-state index is 12.7. The van der Waals surface area contributed by atoms with Gasteiger partial charge in [-0.15, -0.1) is 0 Å². The largest absolute Gasteiger partial charge is 0.377 e. The van der Waals surface area contributed by atoms with Crippen LogP contribution in [0.15, 0.2) is 47.4 Å². The first-order valence-corrected chi connectivity index (χ1v) is 10.8. The van der Waals surface area contributed by atoms with Crippen LogP contribution in [0.1, 0.15) is 22.9 Å². The zero-order valence-electron chi connectivity index (χ0n) is 15.5. The highest BCUT2D eigenvalue weighted by Gasteiger charge is 2.31. The van der Waals surface area contributed by atoms with Crippen LogP contribution in [0.25, 0.3) is 10.9 Å². The molecule has 1 fully saturated rings. The Balaban J connectivity index is 1.38. The first-order chi connectivity index (χ1) is 13.8. The predicted molar refractivity (Wildman–Crippen MR) is 111 cm³/mol. The Hall–Kier alpha value is -2.22. The Morgan fingerprint density at radius 1 is 1.25 bits per heavy atom. The van der Waals surface area contributed by atoms with Crippen molar-refractivity contribution in [3.05, 3.63) is 69.8 Å². The van der Waals surface area contributed by atoms with E-state index in [1.54, 1.807) is 10.7 Å². The van der Waals surface area contributed by atoms with Gasteiger partial charge in [-0.2, -0.15) is 16.9 Å². The van der Waals surface area contributed by atoms with Crippen molar-refractivity contribution in [3.63, 3.8) is 0 Å². The van der Waals surface area contributed by atoms with E-state index >= 15 is 0 Å². The van der Waals surface area contributed by atoms with Crippen molar-refractivity contribution in [1.29, 1.82) is 0 Å². The summed E-state index contributed by atoms with van der Waals surface area (Å²) in [6, 6.07) is 11.9. The maximum Gasteiger partial charge on any atom is 0.267 e. The number of ether oxygens (including phenoxy) is 1. The fourth-order valence-electron chi connectivity index (χ4n) is 4.00. The van der Waals surface area contributed by atoms with Gasteiger partial charge in [0.25, 0.3) is 5.56 Å². The Labute approximate surface area is 167 Å². The molecule has 144 valence electrons. The number of thioether (sulfide) groups is 1. The van der Waals surface area contributed by atoms with Crippen molar-refractivity contribution in [1.82, 2.24) is 20.1 Å². The summed E-state index contributed by atoms with van der Waals surface area (Å²) in [5.41, 5.74) is 4.30. The molecule has 2 unspecified atom stereocenters. The summed E-state index contributed by atoms with van der Waals surface area (Å²) in [6.07, 6.45) is 2.77. The van der Waals surface area contributed by atoms with Crippen LogP contribution >= 0.6 is 11.8 Å². The smallest absolute Gasteiger partial charge is 0.267 e. The average Bonchev–Trinajstić information content (AvgIpc) is 3.20. The van der Waals surface area contributed by atoms with E-state index in [0.717, 1.165) is 40.1 Å². The molecule has 0 spiro atoms. The van der Waals surface area contributed by atoms with E-state index < -0.39 is 0 Å².